The van der Waals surface area contributed by atoms with E-state index in [0.29, 0.717) is 40.2 Å². The Bertz CT molecular complexity index is 2080. The average Bonchev–Trinajstić information content (AvgIpc) is 3.22. The molecule has 0 saturated heterocycles. The van der Waals surface area contributed by atoms with Gasteiger partial charge in [0, 0.05) is 0 Å². The first-order chi connectivity index (χ1) is 26.6. The third kappa shape index (κ3) is 11.9. The van der Waals surface area contributed by atoms with Gasteiger partial charge < -0.3 is 19.3 Å². The molecule has 6 rings (SSSR count). The monoisotopic (exact) mass is 734 g/mol. The van der Waals surface area contributed by atoms with Crippen LogP contribution in [0.5, 0.6) is 23.0 Å². The van der Waals surface area contributed by atoms with Crippen molar-refractivity contribution < 1.29 is 28.9 Å². The van der Waals surface area contributed by atoms with Crippen molar-refractivity contribution >= 4 is 11.9 Å². The molecule has 0 amide bonds. The van der Waals surface area contributed by atoms with E-state index in [-0.39, 0.29) is 11.7 Å². The standard InChI is InChI=1S/C25H26O3.C24H24O3/c1-4-18(2)17-19-5-7-20(8-6-19)21-9-15-24(16-10-21)28-25(26)22-11-13-23(27-3)14-12-22;1-3-17(2)16-18-4-6-19(7-5-18)20-10-14-23(15-11-20)27-24(26)21-8-12-22(25)13-9-21/h5-16,18H,4,17H2,1-3H3;4-15,17,25H,3,16H2,1-2H3. The Morgan fingerprint density at radius 2 is 0.782 bits per heavy atom. The van der Waals surface area contributed by atoms with Gasteiger partial charge in [-0.1, -0.05) is 113 Å². The second-order valence-electron chi connectivity index (χ2n) is 13.9. The molecule has 0 radical (unpaired) electrons. The van der Waals surface area contributed by atoms with Crippen LogP contribution in [0.25, 0.3) is 22.3 Å². The first-order valence-corrected chi connectivity index (χ1v) is 18.9. The molecule has 282 valence electrons. The van der Waals surface area contributed by atoms with E-state index in [0.717, 1.165) is 35.1 Å². The van der Waals surface area contributed by atoms with Gasteiger partial charge in [0.15, 0.2) is 0 Å². The molecule has 0 spiro atoms. The third-order valence-electron chi connectivity index (χ3n) is 9.70. The summed E-state index contributed by atoms with van der Waals surface area (Å²) in [6.07, 6.45) is 4.59. The van der Waals surface area contributed by atoms with Gasteiger partial charge in [0.2, 0.25) is 0 Å². The van der Waals surface area contributed by atoms with E-state index in [2.05, 4.69) is 76.2 Å². The van der Waals surface area contributed by atoms with E-state index in [1.54, 1.807) is 43.5 Å². The Morgan fingerprint density at radius 3 is 1.11 bits per heavy atom. The molecule has 0 bridgehead atoms. The number of benzene rings is 6. The number of phenolic OH excluding ortho intramolecular Hbond substituents is 1. The van der Waals surface area contributed by atoms with Crippen LogP contribution in [0.15, 0.2) is 146 Å². The van der Waals surface area contributed by atoms with Gasteiger partial charge in [-0.25, -0.2) is 9.59 Å². The van der Waals surface area contributed by atoms with E-state index in [1.807, 2.05) is 36.4 Å². The summed E-state index contributed by atoms with van der Waals surface area (Å²) in [7, 11) is 1.59. The lowest BCUT2D eigenvalue weighted by atomic mass is 9.97. The Hall–Kier alpha value is -6.14. The topological polar surface area (TPSA) is 82.1 Å². The summed E-state index contributed by atoms with van der Waals surface area (Å²) < 4.78 is 15.9. The molecule has 6 heteroatoms. The number of aromatic hydroxyl groups is 1. The number of hydrogen-bond acceptors (Lipinski definition) is 6. The number of hydrogen-bond donors (Lipinski definition) is 1. The molecule has 0 fully saturated rings. The number of esters is 2. The van der Waals surface area contributed by atoms with Crippen molar-refractivity contribution in [3.63, 3.8) is 0 Å². The van der Waals surface area contributed by atoms with Crippen LogP contribution >= 0.6 is 0 Å². The lowest BCUT2D eigenvalue weighted by Crippen LogP contribution is -2.08. The fourth-order valence-corrected chi connectivity index (χ4v) is 5.85. The van der Waals surface area contributed by atoms with Crippen molar-refractivity contribution in [3.05, 3.63) is 168 Å². The molecule has 55 heavy (non-hydrogen) atoms. The Kier molecular flexibility index (Phi) is 14.4. The van der Waals surface area contributed by atoms with Crippen LogP contribution in [-0.4, -0.2) is 24.2 Å². The molecule has 0 aliphatic carbocycles. The SMILES string of the molecule is CCC(C)Cc1ccc(-c2ccc(OC(=O)c3ccc(O)cc3)cc2)cc1.CCC(C)Cc1ccc(-c2ccc(OC(=O)c3ccc(OC)cc3)cc2)cc1. The van der Waals surface area contributed by atoms with Crippen LogP contribution in [-0.2, 0) is 12.8 Å². The molecule has 1 N–H and O–H groups in total. The van der Waals surface area contributed by atoms with E-state index in [1.165, 1.54) is 48.2 Å². The summed E-state index contributed by atoms with van der Waals surface area (Å²) in [6, 6.07) is 45.2. The minimum Gasteiger partial charge on any atom is -0.508 e. The molecule has 6 aromatic carbocycles. The number of ether oxygens (including phenoxy) is 3. The van der Waals surface area contributed by atoms with Gasteiger partial charge >= 0.3 is 11.9 Å². The summed E-state index contributed by atoms with van der Waals surface area (Å²) in [5.74, 6) is 2.40. The van der Waals surface area contributed by atoms with Crippen LogP contribution in [0.4, 0.5) is 0 Å². The molecule has 0 aromatic heterocycles. The molecule has 0 aliphatic heterocycles. The normalized spacial score (nSPS) is 11.7. The minimum absolute atomic E-state index is 0.117. The molecular formula is C49H50O6. The van der Waals surface area contributed by atoms with Gasteiger partial charge in [-0.15, -0.1) is 0 Å². The van der Waals surface area contributed by atoms with Gasteiger partial charge in [0.1, 0.15) is 23.0 Å². The first kappa shape index (κ1) is 40.1. The van der Waals surface area contributed by atoms with Crippen LogP contribution in [0.3, 0.4) is 0 Å². The quantitative estimate of drug-likeness (QED) is 0.0940. The number of rotatable bonds is 13. The lowest BCUT2D eigenvalue weighted by Gasteiger charge is -2.10. The van der Waals surface area contributed by atoms with Crippen LogP contribution in [0, 0.1) is 11.8 Å². The van der Waals surface area contributed by atoms with Gasteiger partial charge in [0.25, 0.3) is 0 Å². The highest BCUT2D eigenvalue weighted by Gasteiger charge is 2.11. The number of phenols is 1. The highest BCUT2D eigenvalue weighted by Crippen LogP contribution is 2.26. The van der Waals surface area contributed by atoms with Crippen molar-refractivity contribution in [1.29, 1.82) is 0 Å². The van der Waals surface area contributed by atoms with Crippen molar-refractivity contribution in [2.24, 2.45) is 11.8 Å². The summed E-state index contributed by atoms with van der Waals surface area (Å²) in [5.41, 5.74) is 8.07. The van der Waals surface area contributed by atoms with Gasteiger partial charge in [-0.05, 0) is 131 Å². The largest absolute Gasteiger partial charge is 0.508 e. The minimum atomic E-state index is -0.447. The summed E-state index contributed by atoms with van der Waals surface area (Å²) >= 11 is 0. The van der Waals surface area contributed by atoms with E-state index in [9.17, 15) is 14.7 Å². The number of carbonyl (C=O) groups is 2. The van der Waals surface area contributed by atoms with Crippen molar-refractivity contribution in [2.45, 2.75) is 53.4 Å². The molecule has 2 unspecified atom stereocenters. The zero-order valence-corrected chi connectivity index (χ0v) is 32.3. The summed E-state index contributed by atoms with van der Waals surface area (Å²) in [5, 5.41) is 9.29. The fourth-order valence-electron chi connectivity index (χ4n) is 5.85. The Labute approximate surface area is 325 Å². The maximum atomic E-state index is 12.3. The predicted molar refractivity (Wildman–Crippen MR) is 221 cm³/mol. The van der Waals surface area contributed by atoms with E-state index in [4.69, 9.17) is 14.2 Å². The average molecular weight is 735 g/mol. The van der Waals surface area contributed by atoms with Gasteiger partial charge in [-0.2, -0.15) is 0 Å². The van der Waals surface area contributed by atoms with E-state index >= 15 is 0 Å². The van der Waals surface area contributed by atoms with Crippen molar-refractivity contribution in [3.8, 4) is 45.3 Å². The fraction of sp³-hybridized carbons (Fsp3) is 0.224. The maximum absolute atomic E-state index is 12.3. The van der Waals surface area contributed by atoms with Crippen LogP contribution < -0.4 is 14.2 Å². The Morgan fingerprint density at radius 1 is 0.473 bits per heavy atom. The third-order valence-corrected chi connectivity index (χ3v) is 9.70. The highest BCUT2D eigenvalue weighted by molar-refractivity contribution is 5.91. The number of carbonyl (C=O) groups excluding carboxylic acids is 2. The van der Waals surface area contributed by atoms with Crippen molar-refractivity contribution in [2.75, 3.05) is 7.11 Å². The molecule has 6 nitrogen and oxygen atoms in total. The lowest BCUT2D eigenvalue weighted by molar-refractivity contribution is 0.0725. The molecule has 2 atom stereocenters. The van der Waals surface area contributed by atoms with Crippen LogP contribution in [0.2, 0.25) is 0 Å². The zero-order valence-electron chi connectivity index (χ0n) is 32.3. The number of methoxy groups -OCH3 is 1. The zero-order chi connectivity index (χ0) is 39.2. The molecule has 0 aliphatic rings. The first-order valence-electron chi connectivity index (χ1n) is 18.9. The summed E-state index contributed by atoms with van der Waals surface area (Å²) in [4.78, 5) is 24.4. The molecule has 6 aromatic rings. The van der Waals surface area contributed by atoms with Crippen molar-refractivity contribution in [1.82, 2.24) is 0 Å². The summed E-state index contributed by atoms with van der Waals surface area (Å²) in [6.45, 7) is 8.99. The highest BCUT2D eigenvalue weighted by atomic mass is 16.5. The smallest absolute Gasteiger partial charge is 0.343 e. The second-order valence-corrected chi connectivity index (χ2v) is 13.9. The molecular weight excluding hydrogens is 685 g/mol. The van der Waals surface area contributed by atoms with E-state index < -0.39 is 5.97 Å². The van der Waals surface area contributed by atoms with Crippen LogP contribution in [0.1, 0.15) is 72.4 Å². The predicted octanol–water partition coefficient (Wildman–Crippen LogP) is 12.0. The second kappa shape index (κ2) is 19.8. The maximum Gasteiger partial charge on any atom is 0.343 e. The van der Waals surface area contributed by atoms with Gasteiger partial charge in [0.05, 0.1) is 18.2 Å². The molecule has 0 saturated carbocycles. The Balaban J connectivity index is 0.000000211. The molecule has 0 heterocycles. The van der Waals surface area contributed by atoms with Gasteiger partial charge in [-0.3, -0.25) is 0 Å².